The second kappa shape index (κ2) is 7.54. The summed E-state index contributed by atoms with van der Waals surface area (Å²) >= 11 is 0. The maximum atomic E-state index is 13.0. The van der Waals surface area contributed by atoms with Crippen molar-refractivity contribution in [2.75, 3.05) is 17.7 Å². The molecule has 2 aromatic carbocycles. The van der Waals surface area contributed by atoms with Crippen molar-refractivity contribution in [2.45, 2.75) is 26.7 Å². The summed E-state index contributed by atoms with van der Waals surface area (Å²) < 4.78 is 5.44. The van der Waals surface area contributed by atoms with E-state index in [1.54, 1.807) is 7.11 Å². The predicted molar refractivity (Wildman–Crippen MR) is 114 cm³/mol. The third-order valence-corrected chi connectivity index (χ3v) is 4.94. The highest BCUT2D eigenvalue weighted by atomic mass is 16.5. The molecule has 0 unspecified atom stereocenters. The molecule has 6 heteroatoms. The van der Waals surface area contributed by atoms with Crippen LogP contribution in [0, 0.1) is 5.41 Å². The Kier molecular flexibility index (Phi) is 4.92. The Morgan fingerprint density at radius 2 is 1.66 bits per heavy atom. The van der Waals surface area contributed by atoms with E-state index in [4.69, 9.17) is 4.74 Å². The zero-order valence-corrected chi connectivity index (χ0v) is 16.8. The lowest BCUT2D eigenvalue weighted by Crippen LogP contribution is -2.29. The van der Waals surface area contributed by atoms with Crippen LogP contribution in [0.5, 0.6) is 5.75 Å². The number of nitrogens with one attached hydrogen (secondary N) is 2. The Balaban J connectivity index is 1.79. The summed E-state index contributed by atoms with van der Waals surface area (Å²) in [5.74, 6) is 1.69. The van der Waals surface area contributed by atoms with Gasteiger partial charge in [-0.3, -0.25) is 4.79 Å². The van der Waals surface area contributed by atoms with Crippen LogP contribution in [0.4, 0.5) is 23.1 Å². The molecule has 0 aliphatic heterocycles. The monoisotopic (exact) mass is 388 g/mol. The zero-order chi connectivity index (χ0) is 20.4. The quantitative estimate of drug-likeness (QED) is 0.631. The number of carbonyl (C=O) groups excluding carboxylic acids is 1. The number of fused-ring (bicyclic) bond motifs is 1. The van der Waals surface area contributed by atoms with E-state index < -0.39 is 0 Å². The highest BCUT2D eigenvalue weighted by Crippen LogP contribution is 2.38. The van der Waals surface area contributed by atoms with E-state index in [1.165, 1.54) is 0 Å². The summed E-state index contributed by atoms with van der Waals surface area (Å²) in [4.78, 5) is 22.3. The number of hydrogen-bond acceptors (Lipinski definition) is 6. The standard InChI is InChI=1S/C23H24N4O2/c1-23(2)13-17-20(18(28)14-23)21(25-16-11-7-8-12-19(16)29-3)27-22(26-17)24-15-9-5-4-6-10-15/h4-12H,13-14H2,1-3H3,(H2,24,25,26,27). The third kappa shape index (κ3) is 4.06. The molecule has 0 saturated heterocycles. The molecule has 1 heterocycles. The molecule has 0 radical (unpaired) electrons. The number of rotatable bonds is 5. The zero-order valence-electron chi connectivity index (χ0n) is 16.8. The molecule has 0 amide bonds. The van der Waals surface area contributed by atoms with Gasteiger partial charge in [0.1, 0.15) is 11.6 Å². The van der Waals surface area contributed by atoms with E-state index in [0.29, 0.717) is 35.9 Å². The molecule has 0 fully saturated rings. The van der Waals surface area contributed by atoms with Crippen LogP contribution in [0.1, 0.15) is 36.3 Å². The van der Waals surface area contributed by atoms with E-state index in [0.717, 1.165) is 17.1 Å². The van der Waals surface area contributed by atoms with Crippen LogP contribution in [0.25, 0.3) is 0 Å². The number of anilines is 4. The first kappa shape index (κ1) is 18.9. The Labute approximate surface area is 170 Å². The van der Waals surface area contributed by atoms with Gasteiger partial charge in [-0.25, -0.2) is 4.98 Å². The molecule has 1 aromatic heterocycles. The number of nitrogens with zero attached hydrogens (tertiary/aromatic N) is 2. The van der Waals surface area contributed by atoms with Crippen molar-refractivity contribution in [2.24, 2.45) is 5.41 Å². The summed E-state index contributed by atoms with van der Waals surface area (Å²) in [6.45, 7) is 4.18. The van der Waals surface area contributed by atoms with E-state index in [9.17, 15) is 4.79 Å². The molecule has 4 rings (SSSR count). The van der Waals surface area contributed by atoms with E-state index in [-0.39, 0.29) is 11.2 Å². The normalized spacial score (nSPS) is 14.8. The fourth-order valence-corrected chi connectivity index (χ4v) is 3.64. The topological polar surface area (TPSA) is 76.1 Å². The van der Waals surface area contributed by atoms with Crippen LogP contribution < -0.4 is 15.4 Å². The van der Waals surface area contributed by atoms with Crippen molar-refractivity contribution in [3.05, 3.63) is 65.9 Å². The molecule has 29 heavy (non-hydrogen) atoms. The lowest BCUT2D eigenvalue weighted by atomic mass is 9.75. The third-order valence-electron chi connectivity index (χ3n) is 4.94. The number of hydrogen-bond donors (Lipinski definition) is 2. The van der Waals surface area contributed by atoms with Crippen molar-refractivity contribution in [3.63, 3.8) is 0 Å². The number of methoxy groups -OCH3 is 1. The number of ketones is 1. The average molecular weight is 388 g/mol. The van der Waals surface area contributed by atoms with Crippen LogP contribution in [0.15, 0.2) is 54.6 Å². The van der Waals surface area contributed by atoms with Crippen LogP contribution in [-0.2, 0) is 6.42 Å². The summed E-state index contributed by atoms with van der Waals surface area (Å²) in [7, 11) is 1.62. The largest absolute Gasteiger partial charge is 0.495 e. The van der Waals surface area contributed by atoms with Crippen molar-refractivity contribution in [3.8, 4) is 5.75 Å². The molecule has 1 aliphatic rings. The Hall–Kier alpha value is -3.41. The molecule has 0 atom stereocenters. The summed E-state index contributed by atoms with van der Waals surface area (Å²) in [5.41, 5.74) is 2.83. The molecule has 0 saturated carbocycles. The van der Waals surface area contributed by atoms with Crippen LogP contribution in [0.2, 0.25) is 0 Å². The first-order chi connectivity index (χ1) is 13.9. The van der Waals surface area contributed by atoms with E-state index >= 15 is 0 Å². The number of benzene rings is 2. The van der Waals surface area contributed by atoms with Gasteiger partial charge in [-0.15, -0.1) is 0 Å². The second-order valence-corrected chi connectivity index (χ2v) is 7.97. The van der Waals surface area contributed by atoms with Crippen LogP contribution in [0.3, 0.4) is 0 Å². The van der Waals surface area contributed by atoms with Crippen LogP contribution >= 0.6 is 0 Å². The van der Waals surface area contributed by atoms with Gasteiger partial charge in [-0.05, 0) is 36.1 Å². The summed E-state index contributed by atoms with van der Waals surface area (Å²) in [5, 5.41) is 6.54. The highest BCUT2D eigenvalue weighted by Gasteiger charge is 2.35. The van der Waals surface area contributed by atoms with Gasteiger partial charge in [0.15, 0.2) is 5.78 Å². The minimum Gasteiger partial charge on any atom is -0.495 e. The molecule has 0 spiro atoms. The van der Waals surface area contributed by atoms with Crippen molar-refractivity contribution in [1.29, 1.82) is 0 Å². The second-order valence-electron chi connectivity index (χ2n) is 7.97. The van der Waals surface area contributed by atoms with Gasteiger partial charge in [0.25, 0.3) is 0 Å². The van der Waals surface area contributed by atoms with Gasteiger partial charge in [0.05, 0.1) is 24.1 Å². The van der Waals surface area contributed by atoms with Crippen molar-refractivity contribution in [1.82, 2.24) is 9.97 Å². The highest BCUT2D eigenvalue weighted by molar-refractivity contribution is 6.03. The molecule has 6 nitrogen and oxygen atoms in total. The molecule has 1 aliphatic carbocycles. The van der Waals surface area contributed by atoms with Gasteiger partial charge < -0.3 is 15.4 Å². The van der Waals surface area contributed by atoms with E-state index in [2.05, 4.69) is 34.4 Å². The Morgan fingerprint density at radius 3 is 2.41 bits per heavy atom. The average Bonchev–Trinajstić information content (AvgIpc) is 2.67. The number of Topliss-reactive ketones (excluding diaryl/α,β-unsaturated/α-hetero) is 1. The smallest absolute Gasteiger partial charge is 0.229 e. The van der Waals surface area contributed by atoms with E-state index in [1.807, 2.05) is 54.6 Å². The summed E-state index contributed by atoms with van der Waals surface area (Å²) in [6.07, 6.45) is 1.18. The molecular formula is C23H24N4O2. The number of para-hydroxylation sites is 3. The molecular weight excluding hydrogens is 364 g/mol. The fraction of sp³-hybridized carbons (Fsp3) is 0.261. The lowest BCUT2D eigenvalue weighted by Gasteiger charge is -2.30. The molecule has 3 aromatic rings. The molecule has 2 N–H and O–H groups in total. The van der Waals surface area contributed by atoms with Gasteiger partial charge in [0, 0.05) is 12.1 Å². The molecule has 148 valence electrons. The maximum Gasteiger partial charge on any atom is 0.229 e. The SMILES string of the molecule is COc1ccccc1Nc1nc(Nc2ccccc2)nc2c1C(=O)CC(C)(C)C2. The Bertz CT molecular complexity index is 1050. The minimum absolute atomic E-state index is 0.0555. The first-order valence-electron chi connectivity index (χ1n) is 9.61. The summed E-state index contributed by atoms with van der Waals surface area (Å²) in [6, 6.07) is 17.3. The predicted octanol–water partition coefficient (Wildman–Crippen LogP) is 5.13. The lowest BCUT2D eigenvalue weighted by molar-refractivity contribution is 0.0911. The minimum atomic E-state index is -0.135. The van der Waals surface area contributed by atoms with Gasteiger partial charge in [0.2, 0.25) is 5.95 Å². The fourth-order valence-electron chi connectivity index (χ4n) is 3.64. The number of aromatic nitrogens is 2. The molecule has 0 bridgehead atoms. The van der Waals surface area contributed by atoms with Crippen LogP contribution in [-0.4, -0.2) is 22.9 Å². The maximum absolute atomic E-state index is 13.0. The van der Waals surface area contributed by atoms with Crippen molar-refractivity contribution >= 4 is 28.9 Å². The number of carbonyl (C=O) groups is 1. The van der Waals surface area contributed by atoms with Gasteiger partial charge in [-0.1, -0.05) is 44.2 Å². The van der Waals surface area contributed by atoms with Gasteiger partial charge in [-0.2, -0.15) is 4.98 Å². The number of ether oxygens (including phenoxy) is 1. The first-order valence-corrected chi connectivity index (χ1v) is 9.61. The van der Waals surface area contributed by atoms with Gasteiger partial charge >= 0.3 is 0 Å². The van der Waals surface area contributed by atoms with Crippen molar-refractivity contribution < 1.29 is 9.53 Å². The Morgan fingerprint density at radius 1 is 0.931 bits per heavy atom.